The minimum absolute atomic E-state index is 0.251. The molecule has 0 amide bonds. The largest absolute Gasteiger partial charge is 0.461 e. The van der Waals surface area contributed by atoms with Crippen LogP contribution in [-0.4, -0.2) is 30.6 Å². The third kappa shape index (κ3) is 3.08. The lowest BCUT2D eigenvalue weighted by molar-refractivity contribution is 0.0519. The van der Waals surface area contributed by atoms with Gasteiger partial charge in [0.15, 0.2) is 5.69 Å². The number of carbonyl (C=O) groups is 1. The lowest BCUT2D eigenvalue weighted by atomic mass is 9.78. The van der Waals surface area contributed by atoms with Crippen molar-refractivity contribution in [1.29, 1.82) is 0 Å². The lowest BCUT2D eigenvalue weighted by Crippen LogP contribution is -2.38. The standard InChI is InChI=1S/C14H22N2O3/c1-4-14(3)6-8-16(9-7-14)13-15-11(10-19-13)12(17)18-5-2/h10H,4-9H2,1-3H3. The fourth-order valence-corrected chi connectivity index (χ4v) is 2.30. The van der Waals surface area contributed by atoms with Crippen molar-refractivity contribution < 1.29 is 13.9 Å². The van der Waals surface area contributed by atoms with Crippen LogP contribution in [0, 0.1) is 5.41 Å². The number of carbonyl (C=O) groups excluding carboxylic acids is 1. The topological polar surface area (TPSA) is 55.6 Å². The van der Waals surface area contributed by atoms with Gasteiger partial charge >= 0.3 is 5.97 Å². The van der Waals surface area contributed by atoms with Gasteiger partial charge in [0.05, 0.1) is 6.61 Å². The SMILES string of the molecule is CCOC(=O)c1coc(N2CCC(C)(CC)CC2)n1. The van der Waals surface area contributed by atoms with Crippen molar-refractivity contribution in [1.82, 2.24) is 4.98 Å². The molecule has 19 heavy (non-hydrogen) atoms. The first kappa shape index (κ1) is 13.9. The van der Waals surface area contributed by atoms with Gasteiger partial charge in [-0.1, -0.05) is 20.3 Å². The second-order valence-electron chi connectivity index (χ2n) is 5.39. The summed E-state index contributed by atoms with van der Waals surface area (Å²) in [6, 6.07) is 0.529. The van der Waals surface area contributed by atoms with E-state index in [0.29, 0.717) is 18.0 Å². The van der Waals surface area contributed by atoms with Gasteiger partial charge < -0.3 is 14.1 Å². The number of esters is 1. The van der Waals surface area contributed by atoms with Gasteiger partial charge in [0.2, 0.25) is 0 Å². The van der Waals surface area contributed by atoms with Crippen LogP contribution in [-0.2, 0) is 4.74 Å². The van der Waals surface area contributed by atoms with Crippen LogP contribution in [0.25, 0.3) is 0 Å². The van der Waals surface area contributed by atoms with Crippen molar-refractivity contribution in [3.05, 3.63) is 12.0 Å². The van der Waals surface area contributed by atoms with Crippen molar-refractivity contribution >= 4 is 12.0 Å². The van der Waals surface area contributed by atoms with Crippen LogP contribution in [0.15, 0.2) is 10.7 Å². The number of anilines is 1. The first-order valence-electron chi connectivity index (χ1n) is 6.95. The number of ether oxygens (including phenoxy) is 1. The molecule has 5 nitrogen and oxygen atoms in total. The monoisotopic (exact) mass is 266 g/mol. The molecule has 0 atom stereocenters. The predicted octanol–water partition coefficient (Wildman–Crippen LogP) is 2.87. The molecule has 0 N–H and O–H groups in total. The number of piperidine rings is 1. The van der Waals surface area contributed by atoms with Gasteiger partial charge in [-0.25, -0.2) is 4.79 Å². The summed E-state index contributed by atoms with van der Waals surface area (Å²) in [5, 5.41) is 0. The molecule has 2 heterocycles. The van der Waals surface area contributed by atoms with Gasteiger partial charge in [-0.15, -0.1) is 0 Å². The zero-order valence-corrected chi connectivity index (χ0v) is 11.9. The molecule has 2 rings (SSSR count). The van der Waals surface area contributed by atoms with Crippen molar-refractivity contribution in [2.24, 2.45) is 5.41 Å². The van der Waals surface area contributed by atoms with Crippen molar-refractivity contribution in [2.45, 2.75) is 40.0 Å². The number of aromatic nitrogens is 1. The molecule has 1 aliphatic heterocycles. The van der Waals surface area contributed by atoms with E-state index in [2.05, 4.69) is 23.7 Å². The lowest BCUT2D eigenvalue weighted by Gasteiger charge is -2.38. The summed E-state index contributed by atoms with van der Waals surface area (Å²) in [6.07, 6.45) is 4.82. The molecule has 0 bridgehead atoms. The number of hydrogen-bond acceptors (Lipinski definition) is 5. The van der Waals surface area contributed by atoms with Gasteiger partial charge in [0, 0.05) is 13.1 Å². The van der Waals surface area contributed by atoms with Crippen LogP contribution in [0.4, 0.5) is 6.01 Å². The zero-order chi connectivity index (χ0) is 13.9. The van der Waals surface area contributed by atoms with Gasteiger partial charge in [0.25, 0.3) is 6.01 Å². The van der Waals surface area contributed by atoms with Gasteiger partial charge in [-0.05, 0) is 25.2 Å². The van der Waals surface area contributed by atoms with E-state index in [4.69, 9.17) is 9.15 Å². The fourth-order valence-electron chi connectivity index (χ4n) is 2.30. The molecule has 0 radical (unpaired) electrons. The first-order chi connectivity index (χ1) is 9.08. The molecule has 0 aliphatic carbocycles. The summed E-state index contributed by atoms with van der Waals surface area (Å²) in [6.45, 7) is 8.53. The Balaban J connectivity index is 1.99. The molecule has 0 spiro atoms. The third-order valence-corrected chi connectivity index (χ3v) is 4.07. The van der Waals surface area contributed by atoms with E-state index in [-0.39, 0.29) is 5.69 Å². The molecule has 1 aromatic rings. The van der Waals surface area contributed by atoms with E-state index in [1.807, 2.05) is 0 Å². The number of rotatable bonds is 4. The molecule has 1 fully saturated rings. The maximum atomic E-state index is 11.5. The highest BCUT2D eigenvalue weighted by Gasteiger charge is 2.30. The molecule has 0 unspecified atom stereocenters. The summed E-state index contributed by atoms with van der Waals surface area (Å²) in [5.74, 6) is -0.423. The minimum atomic E-state index is -0.423. The minimum Gasteiger partial charge on any atom is -0.461 e. The second-order valence-corrected chi connectivity index (χ2v) is 5.39. The molecule has 0 aromatic carbocycles. The highest BCUT2D eigenvalue weighted by molar-refractivity contribution is 5.87. The maximum Gasteiger partial charge on any atom is 0.360 e. The maximum absolute atomic E-state index is 11.5. The van der Waals surface area contributed by atoms with Gasteiger partial charge in [-0.2, -0.15) is 4.98 Å². The first-order valence-corrected chi connectivity index (χ1v) is 6.95. The third-order valence-electron chi connectivity index (χ3n) is 4.07. The van der Waals surface area contributed by atoms with Crippen LogP contribution in [0.1, 0.15) is 50.5 Å². The van der Waals surface area contributed by atoms with Crippen LogP contribution in [0.2, 0.25) is 0 Å². The molecule has 1 saturated heterocycles. The van der Waals surface area contributed by atoms with E-state index in [0.717, 1.165) is 25.9 Å². The molecule has 106 valence electrons. The average molecular weight is 266 g/mol. The Kier molecular flexibility index (Phi) is 4.12. The van der Waals surface area contributed by atoms with E-state index in [9.17, 15) is 4.79 Å². The highest BCUT2D eigenvalue weighted by atomic mass is 16.5. The molecular formula is C14H22N2O3. The Hall–Kier alpha value is -1.52. The quantitative estimate of drug-likeness (QED) is 0.784. The summed E-state index contributed by atoms with van der Waals surface area (Å²) in [4.78, 5) is 17.8. The van der Waals surface area contributed by atoms with E-state index < -0.39 is 5.97 Å². The van der Waals surface area contributed by atoms with E-state index in [1.165, 1.54) is 12.7 Å². The Morgan fingerprint density at radius 2 is 2.16 bits per heavy atom. The van der Waals surface area contributed by atoms with E-state index in [1.54, 1.807) is 6.92 Å². The van der Waals surface area contributed by atoms with Crippen molar-refractivity contribution in [3.8, 4) is 0 Å². The Bertz CT molecular complexity index is 434. The predicted molar refractivity (Wildman–Crippen MR) is 72.3 cm³/mol. The van der Waals surface area contributed by atoms with Crippen molar-refractivity contribution in [3.63, 3.8) is 0 Å². The molecule has 1 aromatic heterocycles. The smallest absolute Gasteiger partial charge is 0.360 e. The number of hydrogen-bond donors (Lipinski definition) is 0. The molecular weight excluding hydrogens is 244 g/mol. The van der Waals surface area contributed by atoms with Crippen LogP contribution in [0.3, 0.4) is 0 Å². The zero-order valence-electron chi connectivity index (χ0n) is 11.9. The number of oxazole rings is 1. The molecule has 0 saturated carbocycles. The molecule has 5 heteroatoms. The van der Waals surface area contributed by atoms with Crippen LogP contribution < -0.4 is 4.90 Å². The van der Waals surface area contributed by atoms with E-state index >= 15 is 0 Å². The summed E-state index contributed by atoms with van der Waals surface area (Å²) < 4.78 is 10.3. The summed E-state index contributed by atoms with van der Waals surface area (Å²) in [5.41, 5.74) is 0.674. The normalized spacial score (nSPS) is 18.4. The van der Waals surface area contributed by atoms with Crippen LogP contribution in [0.5, 0.6) is 0 Å². The van der Waals surface area contributed by atoms with Gasteiger partial charge in [0.1, 0.15) is 6.26 Å². The Labute approximate surface area is 113 Å². The molecule has 1 aliphatic rings. The summed E-state index contributed by atoms with van der Waals surface area (Å²) >= 11 is 0. The average Bonchev–Trinajstić information content (AvgIpc) is 2.90. The van der Waals surface area contributed by atoms with Crippen molar-refractivity contribution in [2.75, 3.05) is 24.6 Å². The summed E-state index contributed by atoms with van der Waals surface area (Å²) in [7, 11) is 0. The highest BCUT2D eigenvalue weighted by Crippen LogP contribution is 2.35. The van der Waals surface area contributed by atoms with Crippen LogP contribution >= 0.6 is 0 Å². The Morgan fingerprint density at radius 1 is 1.47 bits per heavy atom. The fraction of sp³-hybridized carbons (Fsp3) is 0.714. The Morgan fingerprint density at radius 3 is 2.74 bits per heavy atom. The van der Waals surface area contributed by atoms with Gasteiger partial charge in [-0.3, -0.25) is 0 Å². The second kappa shape index (κ2) is 5.63. The number of nitrogens with zero attached hydrogens (tertiary/aromatic N) is 2.